The Balaban J connectivity index is 2.28. The minimum absolute atomic E-state index is 0.918. The van der Waals surface area contributed by atoms with E-state index in [4.69, 9.17) is 0 Å². The lowest BCUT2D eigenvalue weighted by Crippen LogP contribution is -2.08. The topological polar surface area (TPSA) is 15.6 Å². The van der Waals surface area contributed by atoms with Crippen LogP contribution in [0.25, 0.3) is 0 Å². The molecule has 0 amide bonds. The summed E-state index contributed by atoms with van der Waals surface area (Å²) < 4.78 is 1.99. The van der Waals surface area contributed by atoms with Crippen LogP contribution >= 0.6 is 11.9 Å². The molecule has 0 unspecified atom stereocenters. The fourth-order valence-corrected chi connectivity index (χ4v) is 0.855. The van der Waals surface area contributed by atoms with Gasteiger partial charge in [-0.15, -0.1) is 0 Å². The zero-order valence-corrected chi connectivity index (χ0v) is 5.03. The van der Waals surface area contributed by atoms with Crippen LogP contribution in [0.15, 0.2) is 4.99 Å². The van der Waals surface area contributed by atoms with Crippen LogP contribution in [-0.2, 0) is 0 Å². The molecular weight excluding hydrogens is 108 g/mol. The Morgan fingerprint density at radius 1 is 1.86 bits per heavy atom. The fourth-order valence-electron chi connectivity index (χ4n) is 0.452. The first kappa shape index (κ1) is 4.88. The summed E-state index contributed by atoms with van der Waals surface area (Å²) in [5.74, 6) is 0. The lowest BCUT2D eigenvalue weighted by molar-refractivity contribution is 0.751. The maximum atomic E-state index is 3.89. The van der Waals surface area contributed by atoms with Gasteiger partial charge in [0.25, 0.3) is 0 Å². The molecule has 1 heterocycles. The van der Waals surface area contributed by atoms with Crippen molar-refractivity contribution >= 4 is 18.3 Å². The highest BCUT2D eigenvalue weighted by molar-refractivity contribution is 7.96. The first-order valence-corrected chi connectivity index (χ1v) is 3.35. The summed E-state index contributed by atoms with van der Waals surface area (Å²) in [6.07, 6.45) is 4.85. The minimum Gasteiger partial charge on any atom is -0.0889 e. The second-order valence-corrected chi connectivity index (χ2v) is 2.07. The van der Waals surface area contributed by atoms with Gasteiger partial charge in [0.1, 0.15) is 13.1 Å². The molecule has 0 bridgehead atoms. The van der Waals surface area contributed by atoms with Gasteiger partial charge in [0.15, 0.2) is 0 Å². The third-order valence-corrected chi connectivity index (χ3v) is 1.52. The number of hydrogen-bond acceptors (Lipinski definition) is 3. The molecular formula is C4H7N2S+. The molecule has 7 heavy (non-hydrogen) atoms. The molecule has 38 valence electrons. The highest BCUT2D eigenvalue weighted by Crippen LogP contribution is 2.03. The molecule has 0 radical (unpaired) electrons. The van der Waals surface area contributed by atoms with Crippen molar-refractivity contribution in [2.45, 2.75) is 0 Å². The van der Waals surface area contributed by atoms with Crippen LogP contribution < -0.4 is 0 Å². The van der Waals surface area contributed by atoms with Gasteiger partial charge < -0.3 is 0 Å². The predicted molar refractivity (Wildman–Crippen MR) is 32.5 cm³/mol. The van der Waals surface area contributed by atoms with Gasteiger partial charge in [-0.1, -0.05) is 4.31 Å². The van der Waals surface area contributed by atoms with Gasteiger partial charge in [0.2, 0.25) is 0 Å². The Labute approximate surface area is 47.7 Å². The summed E-state index contributed by atoms with van der Waals surface area (Å²) in [5.41, 5.74) is 0. The van der Waals surface area contributed by atoms with E-state index in [1.54, 1.807) is 11.9 Å². The second kappa shape index (κ2) is 2.15. The van der Waals surface area contributed by atoms with E-state index < -0.39 is 0 Å². The van der Waals surface area contributed by atoms with Crippen molar-refractivity contribution in [3.8, 4) is 0 Å². The van der Waals surface area contributed by atoms with E-state index in [1.165, 1.54) is 0 Å². The molecule has 0 aliphatic carbocycles. The Hall–Kier alpha value is -0.270. The molecule has 1 aliphatic heterocycles. The molecule has 3 heteroatoms. The van der Waals surface area contributed by atoms with Crippen LogP contribution in [0.5, 0.6) is 0 Å². The zero-order chi connectivity index (χ0) is 5.11. The summed E-state index contributed by atoms with van der Waals surface area (Å²) in [7, 11) is 0. The van der Waals surface area contributed by atoms with Gasteiger partial charge in [0, 0.05) is 18.2 Å². The molecule has 0 fully saturated rings. The Morgan fingerprint density at radius 3 is 3.00 bits per heavy atom. The summed E-state index contributed by atoms with van der Waals surface area (Å²) in [4.78, 5) is 3.89. The average molecular weight is 115 g/mol. The van der Waals surface area contributed by atoms with E-state index in [-0.39, 0.29) is 0 Å². The Bertz CT molecular complexity index is 81.8. The normalized spacial score (nSPS) is 17.6. The average Bonchev–Trinajstić information content (AvgIpc) is 2.14. The van der Waals surface area contributed by atoms with E-state index in [0.717, 1.165) is 13.1 Å². The van der Waals surface area contributed by atoms with E-state index in [0.29, 0.717) is 0 Å². The first-order chi connectivity index (χ1) is 3.43. The number of aliphatic imine (C=N–C) groups is 1. The third kappa shape index (κ3) is 1.05. The van der Waals surface area contributed by atoms with Gasteiger partial charge in [-0.25, -0.2) is 0 Å². The van der Waals surface area contributed by atoms with Crippen molar-refractivity contribution < 1.29 is 0 Å². The van der Waals surface area contributed by atoms with Gasteiger partial charge >= 0.3 is 6.34 Å². The molecule has 0 aromatic heterocycles. The smallest absolute Gasteiger partial charge is 0.0889 e. The molecule has 0 aromatic carbocycles. The van der Waals surface area contributed by atoms with E-state index in [9.17, 15) is 0 Å². The molecule has 2 nitrogen and oxygen atoms in total. The maximum absolute atomic E-state index is 3.89. The summed E-state index contributed by atoms with van der Waals surface area (Å²) in [6, 6.07) is 0. The van der Waals surface area contributed by atoms with Gasteiger partial charge in [-0.2, -0.15) is 0 Å². The highest BCUT2D eigenvalue weighted by Gasteiger charge is 2.18. The Kier molecular flexibility index (Phi) is 1.50. The molecule has 0 N–H and O–H groups in total. The van der Waals surface area contributed by atoms with Crippen molar-refractivity contribution in [3.05, 3.63) is 0 Å². The Morgan fingerprint density at radius 2 is 2.71 bits per heavy atom. The van der Waals surface area contributed by atoms with Gasteiger partial charge in [-0.05, 0) is 4.99 Å². The quantitative estimate of drug-likeness (QED) is 0.365. The zero-order valence-electron chi connectivity index (χ0n) is 4.22. The van der Waals surface area contributed by atoms with Crippen molar-refractivity contribution in [3.63, 3.8) is 0 Å². The standard InChI is InChI=1S/C4H7N2S/c1-7-6-3-2-5-4-6/h2-3H2,1H3/q+1. The summed E-state index contributed by atoms with van der Waals surface area (Å²) >= 11 is 1.66. The molecule has 0 spiro atoms. The number of nitrogens with zero attached hydrogens (tertiary/aromatic N) is 2. The van der Waals surface area contributed by atoms with Gasteiger partial charge in [0.05, 0.1) is 0 Å². The number of hydrogen-bond donors (Lipinski definition) is 0. The number of rotatable bonds is 1. The van der Waals surface area contributed by atoms with Crippen LogP contribution in [0, 0.1) is 0 Å². The molecule has 0 aromatic rings. The SMILES string of the molecule is CSN1[C+]=NCC1. The third-order valence-electron chi connectivity index (χ3n) is 0.818. The molecule has 1 aliphatic rings. The van der Waals surface area contributed by atoms with Crippen LogP contribution in [0.4, 0.5) is 0 Å². The van der Waals surface area contributed by atoms with Crippen molar-refractivity contribution in [2.24, 2.45) is 4.99 Å². The van der Waals surface area contributed by atoms with Crippen LogP contribution in [0.3, 0.4) is 0 Å². The van der Waals surface area contributed by atoms with Crippen molar-refractivity contribution in [1.29, 1.82) is 0 Å². The predicted octanol–water partition coefficient (Wildman–Crippen LogP) is 0.485. The lowest BCUT2D eigenvalue weighted by atomic mass is 10.7. The molecule has 1 rings (SSSR count). The van der Waals surface area contributed by atoms with Crippen molar-refractivity contribution in [1.82, 2.24) is 4.31 Å². The van der Waals surface area contributed by atoms with E-state index in [1.807, 2.05) is 10.6 Å². The largest absolute Gasteiger partial charge is 0.529 e. The van der Waals surface area contributed by atoms with Crippen molar-refractivity contribution in [2.75, 3.05) is 19.3 Å². The van der Waals surface area contributed by atoms with Crippen LogP contribution in [0.2, 0.25) is 0 Å². The molecule has 0 saturated heterocycles. The monoisotopic (exact) mass is 115 g/mol. The van der Waals surface area contributed by atoms with Crippen LogP contribution in [-0.4, -0.2) is 30.0 Å². The lowest BCUT2D eigenvalue weighted by Gasteiger charge is -1.90. The summed E-state index contributed by atoms with van der Waals surface area (Å²) in [6.45, 7) is 1.95. The maximum Gasteiger partial charge on any atom is 0.529 e. The van der Waals surface area contributed by atoms with E-state index >= 15 is 0 Å². The van der Waals surface area contributed by atoms with E-state index in [2.05, 4.69) is 11.3 Å². The first-order valence-electron chi connectivity index (χ1n) is 2.17. The summed E-state index contributed by atoms with van der Waals surface area (Å²) in [5, 5.41) is 0. The second-order valence-electron chi connectivity index (χ2n) is 1.27. The highest BCUT2D eigenvalue weighted by atomic mass is 32.2. The fraction of sp³-hybridized carbons (Fsp3) is 0.750. The molecule has 0 atom stereocenters. The van der Waals surface area contributed by atoms with Gasteiger partial charge in [-0.3, -0.25) is 0 Å². The minimum atomic E-state index is 0.918. The molecule has 0 saturated carbocycles. The van der Waals surface area contributed by atoms with Crippen LogP contribution in [0.1, 0.15) is 0 Å².